The first-order valence-corrected chi connectivity index (χ1v) is 5.61. The zero-order valence-electron chi connectivity index (χ0n) is 8.82. The smallest absolute Gasteiger partial charge is 0.122 e. The molecule has 0 spiro atoms. The summed E-state index contributed by atoms with van der Waals surface area (Å²) in [5, 5.41) is 0. The minimum atomic E-state index is 0.422. The summed E-state index contributed by atoms with van der Waals surface area (Å²) in [5.74, 6) is 1.67. The highest BCUT2D eigenvalue weighted by Crippen LogP contribution is 2.30. The van der Waals surface area contributed by atoms with Gasteiger partial charge in [0.25, 0.3) is 0 Å². The molecule has 0 heterocycles. The Balaban J connectivity index is 2.12. The number of ether oxygens (including phenoxy) is 1. The number of aryl methyl sites for hydroxylation is 1. The second kappa shape index (κ2) is 4.19. The average Bonchev–Trinajstić information content (AvgIpc) is 3.00. The van der Waals surface area contributed by atoms with Gasteiger partial charge in [0.1, 0.15) is 10.7 Å². The number of benzene rings is 1. The summed E-state index contributed by atoms with van der Waals surface area (Å²) in [6.45, 7) is 2.85. The minimum Gasteiger partial charge on any atom is -0.493 e. The minimum absolute atomic E-state index is 0.422. The molecule has 2 nitrogen and oxygen atoms in total. The number of hydrogen-bond acceptors (Lipinski definition) is 2. The zero-order chi connectivity index (χ0) is 10.8. The normalized spacial score (nSPS) is 15.0. The van der Waals surface area contributed by atoms with Crippen LogP contribution in [0, 0.1) is 12.8 Å². The van der Waals surface area contributed by atoms with E-state index < -0.39 is 0 Å². The van der Waals surface area contributed by atoms with Crippen molar-refractivity contribution in [3.8, 4) is 5.75 Å². The maximum Gasteiger partial charge on any atom is 0.122 e. The van der Waals surface area contributed by atoms with Gasteiger partial charge < -0.3 is 10.5 Å². The molecule has 3 heteroatoms. The van der Waals surface area contributed by atoms with Crippen molar-refractivity contribution < 1.29 is 4.74 Å². The van der Waals surface area contributed by atoms with E-state index in [-0.39, 0.29) is 0 Å². The van der Waals surface area contributed by atoms with Crippen LogP contribution in [0.25, 0.3) is 0 Å². The molecule has 1 aliphatic carbocycles. The Labute approximate surface area is 95.4 Å². The van der Waals surface area contributed by atoms with Crippen LogP contribution in [0.3, 0.4) is 0 Å². The SMILES string of the molecule is Cc1ccc(C(N)=S)cc1OCC1CC1. The molecule has 1 fully saturated rings. The van der Waals surface area contributed by atoms with Gasteiger partial charge in [0.05, 0.1) is 6.61 Å². The predicted molar refractivity (Wildman–Crippen MR) is 65.3 cm³/mol. The molecule has 1 saturated carbocycles. The molecule has 0 atom stereocenters. The summed E-state index contributed by atoms with van der Waals surface area (Å²) in [5.41, 5.74) is 7.59. The summed E-state index contributed by atoms with van der Waals surface area (Å²) in [4.78, 5) is 0.422. The topological polar surface area (TPSA) is 35.2 Å². The highest BCUT2D eigenvalue weighted by atomic mass is 32.1. The van der Waals surface area contributed by atoms with E-state index in [9.17, 15) is 0 Å². The molecule has 1 aliphatic rings. The van der Waals surface area contributed by atoms with Crippen molar-refractivity contribution in [2.24, 2.45) is 11.7 Å². The van der Waals surface area contributed by atoms with Gasteiger partial charge in [-0.25, -0.2) is 0 Å². The first kappa shape index (κ1) is 10.4. The third kappa shape index (κ3) is 2.69. The van der Waals surface area contributed by atoms with Gasteiger partial charge >= 0.3 is 0 Å². The van der Waals surface area contributed by atoms with E-state index in [4.69, 9.17) is 22.7 Å². The molecule has 0 aliphatic heterocycles. The van der Waals surface area contributed by atoms with Crippen LogP contribution in [0.5, 0.6) is 5.75 Å². The molecule has 2 rings (SSSR count). The van der Waals surface area contributed by atoms with Crippen LogP contribution in [-0.2, 0) is 0 Å². The van der Waals surface area contributed by atoms with Crippen molar-refractivity contribution in [1.82, 2.24) is 0 Å². The van der Waals surface area contributed by atoms with E-state index in [1.807, 2.05) is 25.1 Å². The lowest BCUT2D eigenvalue weighted by Crippen LogP contribution is -2.10. The molecule has 2 N–H and O–H groups in total. The van der Waals surface area contributed by atoms with Crippen LogP contribution in [0.2, 0.25) is 0 Å². The lowest BCUT2D eigenvalue weighted by molar-refractivity contribution is 0.298. The monoisotopic (exact) mass is 221 g/mol. The summed E-state index contributed by atoms with van der Waals surface area (Å²) >= 11 is 4.94. The van der Waals surface area contributed by atoms with Crippen molar-refractivity contribution in [2.45, 2.75) is 19.8 Å². The Morgan fingerprint density at radius 3 is 2.87 bits per heavy atom. The van der Waals surface area contributed by atoms with Gasteiger partial charge in [-0.1, -0.05) is 24.4 Å². The van der Waals surface area contributed by atoms with Crippen LogP contribution in [0.15, 0.2) is 18.2 Å². The van der Waals surface area contributed by atoms with E-state index in [0.717, 1.165) is 29.4 Å². The maximum atomic E-state index is 5.74. The van der Waals surface area contributed by atoms with Gasteiger partial charge in [-0.3, -0.25) is 0 Å². The van der Waals surface area contributed by atoms with Crippen molar-refractivity contribution >= 4 is 17.2 Å². The number of thiocarbonyl (C=S) groups is 1. The Morgan fingerprint density at radius 2 is 2.27 bits per heavy atom. The highest BCUT2D eigenvalue weighted by molar-refractivity contribution is 7.80. The third-order valence-corrected chi connectivity index (χ3v) is 2.88. The first-order chi connectivity index (χ1) is 7.16. The standard InChI is InChI=1S/C12H15NOS/c1-8-2-5-10(12(13)15)6-11(8)14-7-9-3-4-9/h2,5-6,9H,3-4,7H2,1H3,(H2,13,15). The fourth-order valence-electron chi connectivity index (χ4n) is 1.40. The van der Waals surface area contributed by atoms with E-state index in [1.54, 1.807) is 0 Å². The predicted octanol–water partition coefficient (Wildman–Crippen LogP) is 2.42. The summed E-state index contributed by atoms with van der Waals surface area (Å²) < 4.78 is 5.74. The van der Waals surface area contributed by atoms with E-state index in [1.165, 1.54) is 12.8 Å². The molecule has 1 aromatic carbocycles. The Hall–Kier alpha value is -1.09. The lowest BCUT2D eigenvalue weighted by atomic mass is 10.1. The lowest BCUT2D eigenvalue weighted by Gasteiger charge is -2.09. The molecule has 0 radical (unpaired) electrons. The first-order valence-electron chi connectivity index (χ1n) is 5.20. The van der Waals surface area contributed by atoms with Crippen LogP contribution < -0.4 is 10.5 Å². The van der Waals surface area contributed by atoms with Crippen LogP contribution in [0.4, 0.5) is 0 Å². The summed E-state index contributed by atoms with van der Waals surface area (Å²) in [6, 6.07) is 5.86. The third-order valence-electron chi connectivity index (χ3n) is 2.64. The maximum absolute atomic E-state index is 5.74. The van der Waals surface area contributed by atoms with Crippen LogP contribution in [-0.4, -0.2) is 11.6 Å². The van der Waals surface area contributed by atoms with Gasteiger partial charge in [-0.05, 0) is 37.3 Å². The van der Waals surface area contributed by atoms with Crippen LogP contribution in [0.1, 0.15) is 24.0 Å². The highest BCUT2D eigenvalue weighted by Gasteiger charge is 2.22. The van der Waals surface area contributed by atoms with Gasteiger partial charge in [0.2, 0.25) is 0 Å². The van der Waals surface area contributed by atoms with E-state index in [0.29, 0.717) is 4.99 Å². The fraction of sp³-hybridized carbons (Fsp3) is 0.417. The molecule has 0 bridgehead atoms. The van der Waals surface area contributed by atoms with Gasteiger partial charge in [-0.15, -0.1) is 0 Å². The quantitative estimate of drug-likeness (QED) is 0.793. The Kier molecular flexibility index (Phi) is 2.91. The van der Waals surface area contributed by atoms with Crippen molar-refractivity contribution in [1.29, 1.82) is 0 Å². The molecule has 0 aromatic heterocycles. The number of hydrogen-bond donors (Lipinski definition) is 1. The molecule has 0 unspecified atom stereocenters. The zero-order valence-corrected chi connectivity index (χ0v) is 9.64. The second-order valence-corrected chi connectivity index (χ2v) is 4.54. The van der Waals surface area contributed by atoms with Gasteiger partial charge in [0.15, 0.2) is 0 Å². The molecule has 0 amide bonds. The van der Waals surface area contributed by atoms with Crippen molar-refractivity contribution in [3.05, 3.63) is 29.3 Å². The van der Waals surface area contributed by atoms with Crippen molar-refractivity contribution in [3.63, 3.8) is 0 Å². The molecular weight excluding hydrogens is 206 g/mol. The number of nitrogens with two attached hydrogens (primary N) is 1. The van der Waals surface area contributed by atoms with Gasteiger partial charge in [0, 0.05) is 5.56 Å². The molecular formula is C12H15NOS. The van der Waals surface area contributed by atoms with E-state index >= 15 is 0 Å². The van der Waals surface area contributed by atoms with Gasteiger partial charge in [-0.2, -0.15) is 0 Å². The van der Waals surface area contributed by atoms with E-state index in [2.05, 4.69) is 0 Å². The molecule has 15 heavy (non-hydrogen) atoms. The Bertz CT molecular complexity index is 385. The molecule has 0 saturated heterocycles. The summed E-state index contributed by atoms with van der Waals surface area (Å²) in [7, 11) is 0. The number of rotatable bonds is 4. The van der Waals surface area contributed by atoms with Crippen molar-refractivity contribution in [2.75, 3.05) is 6.61 Å². The van der Waals surface area contributed by atoms with Crippen LogP contribution >= 0.6 is 12.2 Å². The summed E-state index contributed by atoms with van der Waals surface area (Å²) in [6.07, 6.45) is 2.60. The molecule has 80 valence electrons. The average molecular weight is 221 g/mol. The Morgan fingerprint density at radius 1 is 1.53 bits per heavy atom. The molecule has 1 aromatic rings. The largest absolute Gasteiger partial charge is 0.493 e. The fourth-order valence-corrected chi connectivity index (χ4v) is 1.53. The second-order valence-electron chi connectivity index (χ2n) is 4.10.